The molecular formula is C36H41N7O4. The van der Waals surface area contributed by atoms with Crippen molar-refractivity contribution in [3.8, 4) is 5.75 Å². The van der Waals surface area contributed by atoms with Gasteiger partial charge in [0.15, 0.2) is 0 Å². The second-order valence-electron chi connectivity index (χ2n) is 12.4. The second-order valence-corrected chi connectivity index (χ2v) is 12.4. The van der Waals surface area contributed by atoms with E-state index in [1.165, 1.54) is 5.56 Å². The molecular weight excluding hydrogens is 594 g/mol. The van der Waals surface area contributed by atoms with E-state index in [1.807, 2.05) is 61.6 Å². The van der Waals surface area contributed by atoms with Gasteiger partial charge in [0.05, 0.1) is 24.1 Å². The molecule has 2 saturated heterocycles. The second kappa shape index (κ2) is 14.1. The van der Waals surface area contributed by atoms with Crippen LogP contribution in [0.15, 0.2) is 78.9 Å². The molecule has 0 aliphatic carbocycles. The van der Waals surface area contributed by atoms with E-state index in [2.05, 4.69) is 49.2 Å². The lowest BCUT2D eigenvalue weighted by Gasteiger charge is -2.47. The van der Waals surface area contributed by atoms with Gasteiger partial charge in [-0.15, -0.1) is 5.10 Å². The Morgan fingerprint density at radius 3 is 2.32 bits per heavy atom. The van der Waals surface area contributed by atoms with Crippen molar-refractivity contribution >= 4 is 29.1 Å². The Morgan fingerprint density at radius 2 is 1.64 bits per heavy atom. The highest BCUT2D eigenvalue weighted by molar-refractivity contribution is 5.95. The highest BCUT2D eigenvalue weighted by Crippen LogP contribution is 2.43. The summed E-state index contributed by atoms with van der Waals surface area (Å²) >= 11 is 0. The zero-order valence-corrected chi connectivity index (χ0v) is 26.7. The average molecular weight is 636 g/mol. The summed E-state index contributed by atoms with van der Waals surface area (Å²) in [5.41, 5.74) is 9.02. The van der Waals surface area contributed by atoms with Crippen LogP contribution >= 0.6 is 0 Å². The van der Waals surface area contributed by atoms with E-state index < -0.39 is 5.91 Å². The third-order valence-electron chi connectivity index (χ3n) is 9.34. The highest BCUT2D eigenvalue weighted by Gasteiger charge is 2.45. The van der Waals surface area contributed by atoms with Crippen molar-refractivity contribution in [2.75, 3.05) is 43.1 Å². The van der Waals surface area contributed by atoms with Crippen LogP contribution in [0.3, 0.4) is 0 Å². The van der Waals surface area contributed by atoms with Gasteiger partial charge in [0.2, 0.25) is 17.6 Å². The lowest BCUT2D eigenvalue weighted by Crippen LogP contribution is -2.53. The van der Waals surface area contributed by atoms with Crippen LogP contribution in [-0.4, -0.2) is 71.1 Å². The third kappa shape index (κ3) is 7.29. The van der Waals surface area contributed by atoms with Crippen molar-refractivity contribution in [1.82, 2.24) is 20.1 Å². The number of fused-ring (bicyclic) bond motifs is 1. The van der Waals surface area contributed by atoms with Gasteiger partial charge in [0.25, 0.3) is 5.91 Å². The maximum atomic E-state index is 13.5. The number of nitrogens with zero attached hydrogens (tertiary/aromatic N) is 5. The topological polar surface area (TPSA) is 138 Å². The van der Waals surface area contributed by atoms with Crippen LogP contribution < -0.4 is 20.3 Å². The van der Waals surface area contributed by atoms with Gasteiger partial charge < -0.3 is 25.2 Å². The summed E-state index contributed by atoms with van der Waals surface area (Å²) in [5.74, 6) is 1.20. The number of hydrogen-bond donors (Lipinski definition) is 2. The number of carbonyl (C=O) groups is 3. The minimum absolute atomic E-state index is 0.0286. The number of rotatable bonds is 6. The molecule has 4 heterocycles. The van der Waals surface area contributed by atoms with Crippen LogP contribution in [0, 0.1) is 5.41 Å². The van der Waals surface area contributed by atoms with Gasteiger partial charge >= 0.3 is 0 Å². The molecule has 0 unspecified atom stereocenters. The SMILES string of the molecule is CN1C(=O)CCOc2ccc(N3CCC4(CCCN(Cc5ccccc5)C4=O)CC3)cc21.NC(=O)c1n[nH]c(Cc2ccccc2)n1. The van der Waals surface area contributed by atoms with E-state index in [-0.39, 0.29) is 17.1 Å². The number of likely N-dealkylation sites (tertiary alicyclic amines) is 1. The first kappa shape index (κ1) is 31.8. The van der Waals surface area contributed by atoms with Crippen molar-refractivity contribution in [1.29, 1.82) is 0 Å². The van der Waals surface area contributed by atoms with Crippen molar-refractivity contribution < 1.29 is 19.1 Å². The average Bonchev–Trinajstić information content (AvgIpc) is 3.52. The number of nitrogens with one attached hydrogen (secondary N) is 1. The van der Waals surface area contributed by atoms with Crippen LogP contribution in [0.25, 0.3) is 0 Å². The molecule has 2 fully saturated rings. The number of anilines is 2. The lowest BCUT2D eigenvalue weighted by atomic mass is 9.71. The largest absolute Gasteiger partial charge is 0.491 e. The summed E-state index contributed by atoms with van der Waals surface area (Å²) in [6.07, 6.45) is 4.82. The minimum Gasteiger partial charge on any atom is -0.491 e. The van der Waals surface area contributed by atoms with Gasteiger partial charge in [-0.2, -0.15) is 0 Å². The Hall–Kier alpha value is -5.19. The highest BCUT2D eigenvalue weighted by atomic mass is 16.5. The fraction of sp³-hybridized carbons (Fsp3) is 0.361. The Bertz CT molecular complexity index is 1700. The molecule has 11 heteroatoms. The zero-order chi connectivity index (χ0) is 32.8. The molecule has 47 heavy (non-hydrogen) atoms. The molecule has 0 saturated carbocycles. The maximum Gasteiger partial charge on any atom is 0.288 e. The molecule has 3 N–H and O–H groups in total. The van der Waals surface area contributed by atoms with Crippen LogP contribution in [0.2, 0.25) is 0 Å². The third-order valence-corrected chi connectivity index (χ3v) is 9.34. The standard InChI is InChI=1S/C26H31N3O3.C10H10N4O/c1-27-22-18-21(8-9-23(22)32-17-10-24(27)30)28-15-12-26(13-16-28)11-5-14-29(25(26)31)19-20-6-3-2-4-7-20;11-9(15)10-12-8(13-14-10)6-7-4-2-1-3-5-7/h2-4,6-9,18H,5,10-17,19H2,1H3;1-5H,6H2,(H2,11,15)(H,12,13,14). The molecule has 244 valence electrons. The van der Waals surface area contributed by atoms with Crippen molar-refractivity contribution in [3.05, 3.63) is 102 Å². The molecule has 0 atom stereocenters. The van der Waals surface area contributed by atoms with E-state index in [4.69, 9.17) is 10.5 Å². The molecule has 1 spiro atoms. The van der Waals surface area contributed by atoms with E-state index in [1.54, 1.807) is 4.90 Å². The van der Waals surface area contributed by atoms with Gasteiger partial charge in [0.1, 0.15) is 11.6 Å². The molecule has 0 radical (unpaired) electrons. The summed E-state index contributed by atoms with van der Waals surface area (Å²) in [7, 11) is 1.81. The number of benzene rings is 3. The van der Waals surface area contributed by atoms with Crippen molar-refractivity contribution in [2.24, 2.45) is 11.1 Å². The number of primary amides is 1. The van der Waals surface area contributed by atoms with E-state index in [9.17, 15) is 14.4 Å². The predicted octanol–water partition coefficient (Wildman–Crippen LogP) is 4.34. The molecule has 3 amide bonds. The predicted molar refractivity (Wildman–Crippen MR) is 179 cm³/mol. The van der Waals surface area contributed by atoms with E-state index in [0.29, 0.717) is 37.7 Å². The van der Waals surface area contributed by atoms with Gasteiger partial charge in [-0.05, 0) is 55.0 Å². The first-order valence-corrected chi connectivity index (χ1v) is 16.2. The van der Waals surface area contributed by atoms with Crippen molar-refractivity contribution in [3.63, 3.8) is 0 Å². The summed E-state index contributed by atoms with van der Waals surface area (Å²) in [6.45, 7) is 3.68. The van der Waals surface area contributed by atoms with Crippen molar-refractivity contribution in [2.45, 2.75) is 45.1 Å². The molecule has 11 nitrogen and oxygen atoms in total. The number of nitrogens with two attached hydrogens (primary N) is 1. The molecule has 3 aliphatic heterocycles. The summed E-state index contributed by atoms with van der Waals surface area (Å²) in [6, 6.07) is 26.2. The summed E-state index contributed by atoms with van der Waals surface area (Å²) < 4.78 is 5.77. The first-order chi connectivity index (χ1) is 22.8. The zero-order valence-electron chi connectivity index (χ0n) is 26.7. The van der Waals surface area contributed by atoms with Crippen LogP contribution in [0.5, 0.6) is 5.75 Å². The number of hydrogen-bond acceptors (Lipinski definition) is 7. The Morgan fingerprint density at radius 1 is 0.936 bits per heavy atom. The monoisotopic (exact) mass is 635 g/mol. The number of aromatic nitrogens is 3. The van der Waals surface area contributed by atoms with Crippen LogP contribution in [0.4, 0.5) is 11.4 Å². The molecule has 4 aromatic rings. The van der Waals surface area contributed by atoms with Gasteiger partial charge in [-0.3, -0.25) is 19.5 Å². The quantitative estimate of drug-likeness (QED) is 0.322. The number of aromatic amines is 1. The molecule has 7 rings (SSSR count). The molecule has 0 bridgehead atoms. The fourth-order valence-corrected chi connectivity index (χ4v) is 6.67. The van der Waals surface area contributed by atoms with Crippen LogP contribution in [-0.2, 0) is 22.6 Å². The summed E-state index contributed by atoms with van der Waals surface area (Å²) in [5, 5.41) is 6.37. The van der Waals surface area contributed by atoms with Gasteiger partial charge in [-0.1, -0.05) is 60.7 Å². The number of carbonyl (C=O) groups excluding carboxylic acids is 3. The fourth-order valence-electron chi connectivity index (χ4n) is 6.67. The number of ether oxygens (including phenoxy) is 1. The Balaban J connectivity index is 0.000000215. The summed E-state index contributed by atoms with van der Waals surface area (Å²) in [4.78, 5) is 46.6. The Labute approximate surface area is 274 Å². The number of piperidine rings is 2. The van der Waals surface area contributed by atoms with Gasteiger partial charge in [-0.25, -0.2) is 4.98 Å². The van der Waals surface area contributed by atoms with E-state index in [0.717, 1.165) is 68.0 Å². The number of H-pyrrole nitrogens is 1. The molecule has 3 aliphatic rings. The number of amides is 3. The van der Waals surface area contributed by atoms with E-state index >= 15 is 0 Å². The molecule has 1 aromatic heterocycles. The maximum absolute atomic E-state index is 13.5. The molecule has 3 aromatic carbocycles. The first-order valence-electron chi connectivity index (χ1n) is 16.2. The smallest absolute Gasteiger partial charge is 0.288 e. The van der Waals surface area contributed by atoms with Gasteiger partial charge in [0, 0.05) is 45.3 Å². The van der Waals surface area contributed by atoms with Crippen LogP contribution in [0.1, 0.15) is 59.7 Å². The Kier molecular flexibility index (Phi) is 9.51. The minimum atomic E-state index is -0.620. The lowest BCUT2D eigenvalue weighted by molar-refractivity contribution is -0.148. The normalized spacial score (nSPS) is 17.3.